The fourth-order valence-electron chi connectivity index (χ4n) is 2.18. The second kappa shape index (κ2) is 4.16. The van der Waals surface area contributed by atoms with E-state index in [2.05, 4.69) is 5.32 Å². The summed E-state index contributed by atoms with van der Waals surface area (Å²) in [7, 11) is 0. The molecule has 0 spiro atoms. The highest BCUT2D eigenvalue weighted by molar-refractivity contribution is 5.88. The Kier molecular flexibility index (Phi) is 2.59. The molecule has 0 atom stereocenters. The number of hydrogen-bond donors (Lipinski definition) is 1. The van der Waals surface area contributed by atoms with Crippen LogP contribution in [0.1, 0.15) is 16.7 Å². The molecule has 0 fully saturated rings. The van der Waals surface area contributed by atoms with Gasteiger partial charge in [-0.1, -0.05) is 36.4 Å². The molecule has 0 saturated carbocycles. The summed E-state index contributed by atoms with van der Waals surface area (Å²) in [4.78, 5) is 0. The number of halogens is 3. The van der Waals surface area contributed by atoms with E-state index in [9.17, 15) is 13.2 Å². The topological polar surface area (TPSA) is 12.0 Å². The van der Waals surface area contributed by atoms with Gasteiger partial charge in [-0.05, 0) is 23.8 Å². The van der Waals surface area contributed by atoms with Gasteiger partial charge in [-0.3, -0.25) is 0 Å². The SMILES string of the molecule is FC(F)(F)c1cccc2c1C=Cc1ccccc1N2. The Hall–Kier alpha value is -2.23. The zero-order valence-corrected chi connectivity index (χ0v) is 9.83. The number of hydrogen-bond acceptors (Lipinski definition) is 1. The van der Waals surface area contributed by atoms with Crippen LogP contribution in [0.3, 0.4) is 0 Å². The van der Waals surface area contributed by atoms with Gasteiger partial charge >= 0.3 is 6.18 Å². The minimum atomic E-state index is -4.35. The Morgan fingerprint density at radius 2 is 1.53 bits per heavy atom. The molecular formula is C15H10F3N. The van der Waals surface area contributed by atoms with Crippen molar-refractivity contribution >= 4 is 23.5 Å². The second-order valence-electron chi connectivity index (χ2n) is 4.31. The minimum absolute atomic E-state index is 0.172. The van der Waals surface area contributed by atoms with E-state index in [1.165, 1.54) is 12.1 Å². The van der Waals surface area contributed by atoms with Gasteiger partial charge in [-0.2, -0.15) is 13.2 Å². The van der Waals surface area contributed by atoms with E-state index >= 15 is 0 Å². The lowest BCUT2D eigenvalue weighted by atomic mass is 10.0. The van der Waals surface area contributed by atoms with Crippen molar-refractivity contribution in [2.75, 3.05) is 5.32 Å². The lowest BCUT2D eigenvalue weighted by Crippen LogP contribution is -2.08. The number of fused-ring (bicyclic) bond motifs is 2. The van der Waals surface area contributed by atoms with Crippen LogP contribution in [0.4, 0.5) is 24.5 Å². The summed E-state index contributed by atoms with van der Waals surface area (Å²) in [5.74, 6) is 0. The maximum absolute atomic E-state index is 13.0. The summed E-state index contributed by atoms with van der Waals surface area (Å²) in [5.41, 5.74) is 1.69. The van der Waals surface area contributed by atoms with Crippen molar-refractivity contribution in [2.24, 2.45) is 0 Å². The van der Waals surface area contributed by atoms with Crippen molar-refractivity contribution < 1.29 is 13.2 Å². The molecular weight excluding hydrogens is 251 g/mol. The van der Waals surface area contributed by atoms with Crippen LogP contribution in [0.25, 0.3) is 12.2 Å². The quantitative estimate of drug-likeness (QED) is 0.604. The maximum Gasteiger partial charge on any atom is 0.417 e. The first kappa shape index (κ1) is 11.8. The molecule has 96 valence electrons. The molecule has 1 heterocycles. The van der Waals surface area contributed by atoms with Crippen molar-refractivity contribution in [1.82, 2.24) is 0 Å². The van der Waals surface area contributed by atoms with Crippen LogP contribution >= 0.6 is 0 Å². The smallest absolute Gasteiger partial charge is 0.355 e. The predicted molar refractivity (Wildman–Crippen MR) is 70.1 cm³/mol. The molecule has 0 saturated heterocycles. The standard InChI is InChI=1S/C15H10F3N/c16-15(17,18)12-5-3-7-14-11(12)9-8-10-4-1-2-6-13(10)19-14/h1-9,19H. The van der Waals surface area contributed by atoms with E-state index in [0.29, 0.717) is 5.69 Å². The monoisotopic (exact) mass is 261 g/mol. The van der Waals surface area contributed by atoms with Crippen molar-refractivity contribution in [3.8, 4) is 0 Å². The highest BCUT2D eigenvalue weighted by Gasteiger charge is 2.33. The average Bonchev–Trinajstić information content (AvgIpc) is 2.55. The van der Waals surface area contributed by atoms with E-state index in [4.69, 9.17) is 0 Å². The minimum Gasteiger partial charge on any atom is -0.355 e. The summed E-state index contributed by atoms with van der Waals surface area (Å²) in [6, 6.07) is 11.6. The summed E-state index contributed by atoms with van der Waals surface area (Å²) >= 11 is 0. The summed E-state index contributed by atoms with van der Waals surface area (Å²) in [5, 5.41) is 3.05. The highest BCUT2D eigenvalue weighted by Crippen LogP contribution is 2.39. The summed E-state index contributed by atoms with van der Waals surface area (Å²) in [6.07, 6.45) is -1.14. The first-order valence-corrected chi connectivity index (χ1v) is 5.80. The van der Waals surface area contributed by atoms with Crippen molar-refractivity contribution in [3.05, 3.63) is 59.2 Å². The highest BCUT2D eigenvalue weighted by atomic mass is 19.4. The molecule has 0 unspecified atom stereocenters. The van der Waals surface area contributed by atoms with Gasteiger partial charge in [0, 0.05) is 16.9 Å². The Bertz CT molecular complexity index is 657. The van der Waals surface area contributed by atoms with Crippen LogP contribution in [0.2, 0.25) is 0 Å². The Balaban J connectivity index is 2.19. The van der Waals surface area contributed by atoms with Crippen LogP contribution in [0.15, 0.2) is 42.5 Å². The molecule has 4 heteroatoms. The van der Waals surface area contributed by atoms with E-state index in [1.807, 2.05) is 24.3 Å². The number of benzene rings is 2. The number of alkyl halides is 3. The molecule has 0 amide bonds. The van der Waals surface area contributed by atoms with Gasteiger partial charge in [-0.15, -0.1) is 0 Å². The molecule has 2 aromatic rings. The number of rotatable bonds is 0. The van der Waals surface area contributed by atoms with Crippen molar-refractivity contribution in [3.63, 3.8) is 0 Å². The van der Waals surface area contributed by atoms with E-state index in [1.54, 1.807) is 12.1 Å². The normalized spacial score (nSPS) is 13.2. The third-order valence-electron chi connectivity index (χ3n) is 3.07. The van der Waals surface area contributed by atoms with E-state index in [0.717, 1.165) is 17.3 Å². The van der Waals surface area contributed by atoms with Crippen LogP contribution < -0.4 is 5.32 Å². The maximum atomic E-state index is 13.0. The summed E-state index contributed by atoms with van der Waals surface area (Å²) < 4.78 is 38.9. The molecule has 0 radical (unpaired) electrons. The van der Waals surface area contributed by atoms with Gasteiger partial charge < -0.3 is 5.32 Å². The van der Waals surface area contributed by atoms with Gasteiger partial charge in [0.15, 0.2) is 0 Å². The Morgan fingerprint density at radius 1 is 0.789 bits per heavy atom. The molecule has 1 N–H and O–H groups in total. The molecule has 2 aromatic carbocycles. The van der Waals surface area contributed by atoms with Gasteiger partial charge in [0.1, 0.15) is 0 Å². The third kappa shape index (κ3) is 2.10. The second-order valence-corrected chi connectivity index (χ2v) is 4.31. The molecule has 0 bridgehead atoms. The van der Waals surface area contributed by atoms with E-state index < -0.39 is 11.7 Å². The zero-order valence-electron chi connectivity index (χ0n) is 9.83. The number of anilines is 2. The molecule has 19 heavy (non-hydrogen) atoms. The first-order valence-electron chi connectivity index (χ1n) is 5.80. The van der Waals surface area contributed by atoms with Gasteiger partial charge in [-0.25, -0.2) is 0 Å². The van der Waals surface area contributed by atoms with Gasteiger partial charge in [0.05, 0.1) is 5.56 Å². The van der Waals surface area contributed by atoms with Crippen LogP contribution in [0, 0.1) is 0 Å². The number of nitrogens with one attached hydrogen (secondary N) is 1. The van der Waals surface area contributed by atoms with Crippen LogP contribution in [0.5, 0.6) is 0 Å². The lowest BCUT2D eigenvalue weighted by molar-refractivity contribution is -0.137. The first-order chi connectivity index (χ1) is 9.05. The molecule has 3 rings (SSSR count). The molecule has 1 aliphatic heterocycles. The third-order valence-corrected chi connectivity index (χ3v) is 3.07. The molecule has 0 aliphatic carbocycles. The van der Waals surface area contributed by atoms with Gasteiger partial charge in [0.2, 0.25) is 0 Å². The number of para-hydroxylation sites is 1. The average molecular weight is 261 g/mol. The zero-order chi connectivity index (χ0) is 13.5. The molecule has 0 aromatic heterocycles. The summed E-state index contributed by atoms with van der Waals surface area (Å²) in [6.45, 7) is 0. The van der Waals surface area contributed by atoms with Crippen LogP contribution in [-0.2, 0) is 6.18 Å². The Morgan fingerprint density at radius 3 is 2.32 bits per heavy atom. The lowest BCUT2D eigenvalue weighted by Gasteiger charge is -2.14. The largest absolute Gasteiger partial charge is 0.417 e. The van der Waals surface area contributed by atoms with Crippen molar-refractivity contribution in [1.29, 1.82) is 0 Å². The van der Waals surface area contributed by atoms with Crippen molar-refractivity contribution in [2.45, 2.75) is 6.18 Å². The Labute approximate surface area is 108 Å². The fourth-order valence-corrected chi connectivity index (χ4v) is 2.18. The fraction of sp³-hybridized carbons (Fsp3) is 0.0667. The predicted octanol–water partition coefficient (Wildman–Crippen LogP) is 4.93. The van der Waals surface area contributed by atoms with E-state index in [-0.39, 0.29) is 5.56 Å². The molecule has 1 nitrogen and oxygen atoms in total. The van der Waals surface area contributed by atoms with Crippen LogP contribution in [-0.4, -0.2) is 0 Å². The molecule has 1 aliphatic rings. The van der Waals surface area contributed by atoms with Gasteiger partial charge in [0.25, 0.3) is 0 Å².